The molecule has 0 amide bonds. The third kappa shape index (κ3) is 3.21. The van der Waals surface area contributed by atoms with Gasteiger partial charge in [0, 0.05) is 44.6 Å². The van der Waals surface area contributed by atoms with Crippen LogP contribution in [0.4, 0.5) is 5.82 Å². The van der Waals surface area contributed by atoms with E-state index < -0.39 is 0 Å². The van der Waals surface area contributed by atoms with Gasteiger partial charge in [-0.3, -0.25) is 4.90 Å². The molecule has 0 aromatic carbocycles. The van der Waals surface area contributed by atoms with Crippen LogP contribution in [0.25, 0.3) is 0 Å². The van der Waals surface area contributed by atoms with Crippen LogP contribution in [0.15, 0.2) is 12.4 Å². The van der Waals surface area contributed by atoms with E-state index in [9.17, 15) is 0 Å². The standard InChI is InChI=1S/C14H21N5/c1-3-4-12(2)18-7-9-19(10-8-18)14-13(11-15)16-5-6-17-14/h5-6,12H,3-4,7-10H2,1-2H3. The van der Waals surface area contributed by atoms with Gasteiger partial charge in [-0.15, -0.1) is 0 Å². The van der Waals surface area contributed by atoms with Crippen LogP contribution < -0.4 is 4.90 Å². The number of hydrogen-bond acceptors (Lipinski definition) is 5. The van der Waals surface area contributed by atoms with Crippen LogP contribution in [0.5, 0.6) is 0 Å². The van der Waals surface area contributed by atoms with Crippen molar-refractivity contribution in [3.63, 3.8) is 0 Å². The quantitative estimate of drug-likeness (QED) is 0.823. The van der Waals surface area contributed by atoms with Gasteiger partial charge in [0.15, 0.2) is 11.5 Å². The van der Waals surface area contributed by atoms with Crippen LogP contribution in [-0.4, -0.2) is 47.1 Å². The molecule has 1 atom stereocenters. The fourth-order valence-corrected chi connectivity index (χ4v) is 2.62. The lowest BCUT2D eigenvalue weighted by atomic mass is 10.1. The Balaban J connectivity index is 1.98. The molecule has 0 bridgehead atoms. The Kier molecular flexibility index (Phi) is 4.69. The normalized spacial score (nSPS) is 18.1. The van der Waals surface area contributed by atoms with Crippen molar-refractivity contribution in [3.05, 3.63) is 18.1 Å². The van der Waals surface area contributed by atoms with Gasteiger partial charge in [0.25, 0.3) is 0 Å². The zero-order valence-electron chi connectivity index (χ0n) is 11.7. The van der Waals surface area contributed by atoms with Crippen molar-refractivity contribution in [2.75, 3.05) is 31.1 Å². The SMILES string of the molecule is CCCC(C)N1CCN(c2nccnc2C#N)CC1. The maximum atomic E-state index is 9.07. The van der Waals surface area contributed by atoms with Crippen LogP contribution in [0.2, 0.25) is 0 Å². The average molecular weight is 259 g/mol. The Hall–Kier alpha value is -1.67. The molecule has 1 saturated heterocycles. The van der Waals surface area contributed by atoms with Crippen LogP contribution >= 0.6 is 0 Å². The molecule has 1 aromatic rings. The summed E-state index contributed by atoms with van der Waals surface area (Å²) in [5.74, 6) is 0.729. The molecular weight excluding hydrogens is 238 g/mol. The van der Waals surface area contributed by atoms with Crippen molar-refractivity contribution in [3.8, 4) is 6.07 Å². The Labute approximate surface area is 114 Å². The second-order valence-corrected chi connectivity index (χ2v) is 5.00. The molecule has 0 aliphatic carbocycles. The molecule has 1 aromatic heterocycles. The average Bonchev–Trinajstić information content (AvgIpc) is 2.47. The molecule has 1 fully saturated rings. The Morgan fingerprint density at radius 3 is 2.58 bits per heavy atom. The predicted octanol–water partition coefficient (Wildman–Crippen LogP) is 1.66. The van der Waals surface area contributed by atoms with E-state index in [4.69, 9.17) is 5.26 Å². The molecule has 0 spiro atoms. The summed E-state index contributed by atoms with van der Waals surface area (Å²) in [6.07, 6.45) is 5.70. The fraction of sp³-hybridized carbons (Fsp3) is 0.643. The zero-order chi connectivity index (χ0) is 13.7. The number of nitrogens with zero attached hydrogens (tertiary/aromatic N) is 5. The van der Waals surface area contributed by atoms with Crippen molar-refractivity contribution in [2.24, 2.45) is 0 Å². The van der Waals surface area contributed by atoms with Crippen molar-refractivity contribution in [1.29, 1.82) is 5.26 Å². The van der Waals surface area contributed by atoms with Crippen molar-refractivity contribution in [2.45, 2.75) is 32.7 Å². The topological polar surface area (TPSA) is 56.1 Å². The first-order chi connectivity index (χ1) is 9.26. The minimum Gasteiger partial charge on any atom is -0.352 e. The first kappa shape index (κ1) is 13.8. The summed E-state index contributed by atoms with van der Waals surface area (Å²) in [5, 5.41) is 9.07. The van der Waals surface area contributed by atoms with Crippen molar-refractivity contribution in [1.82, 2.24) is 14.9 Å². The van der Waals surface area contributed by atoms with Crippen LogP contribution in [0.1, 0.15) is 32.4 Å². The lowest BCUT2D eigenvalue weighted by Crippen LogP contribution is -2.50. The van der Waals surface area contributed by atoms with E-state index in [1.165, 1.54) is 12.8 Å². The van der Waals surface area contributed by atoms with E-state index in [2.05, 4.69) is 39.7 Å². The molecule has 2 heterocycles. The van der Waals surface area contributed by atoms with Gasteiger partial charge >= 0.3 is 0 Å². The Bertz CT molecular complexity index is 445. The highest BCUT2D eigenvalue weighted by molar-refractivity contribution is 5.49. The second-order valence-electron chi connectivity index (χ2n) is 5.00. The van der Waals surface area contributed by atoms with Crippen LogP contribution in [-0.2, 0) is 0 Å². The van der Waals surface area contributed by atoms with Gasteiger partial charge in [-0.1, -0.05) is 13.3 Å². The molecule has 0 radical (unpaired) electrons. The van der Waals surface area contributed by atoms with E-state index in [0.717, 1.165) is 32.0 Å². The second kappa shape index (κ2) is 6.48. The van der Waals surface area contributed by atoms with Gasteiger partial charge in [-0.25, -0.2) is 9.97 Å². The molecule has 1 aliphatic rings. The summed E-state index contributed by atoms with van der Waals surface area (Å²) < 4.78 is 0. The fourth-order valence-electron chi connectivity index (χ4n) is 2.62. The monoisotopic (exact) mass is 259 g/mol. The number of aromatic nitrogens is 2. The maximum Gasteiger partial charge on any atom is 0.183 e. The minimum atomic E-state index is 0.428. The molecule has 19 heavy (non-hydrogen) atoms. The van der Waals surface area contributed by atoms with E-state index in [1.54, 1.807) is 12.4 Å². The Morgan fingerprint density at radius 2 is 1.95 bits per heavy atom. The molecule has 0 saturated carbocycles. The zero-order valence-corrected chi connectivity index (χ0v) is 11.7. The van der Waals surface area contributed by atoms with Gasteiger partial charge in [0.2, 0.25) is 0 Å². The van der Waals surface area contributed by atoms with E-state index in [1.807, 2.05) is 0 Å². The highest BCUT2D eigenvalue weighted by atomic mass is 15.3. The number of piperazine rings is 1. The molecule has 1 aliphatic heterocycles. The summed E-state index contributed by atoms with van der Waals surface area (Å²) >= 11 is 0. The molecule has 5 nitrogen and oxygen atoms in total. The van der Waals surface area contributed by atoms with Gasteiger partial charge in [0.1, 0.15) is 6.07 Å². The smallest absolute Gasteiger partial charge is 0.183 e. The summed E-state index contributed by atoms with van der Waals surface area (Å²) in [4.78, 5) is 13.1. The highest BCUT2D eigenvalue weighted by Gasteiger charge is 2.23. The van der Waals surface area contributed by atoms with Gasteiger partial charge in [-0.05, 0) is 13.3 Å². The summed E-state index contributed by atoms with van der Waals surface area (Å²) in [6, 6.07) is 2.76. The van der Waals surface area contributed by atoms with Gasteiger partial charge in [-0.2, -0.15) is 5.26 Å². The predicted molar refractivity (Wildman–Crippen MR) is 74.9 cm³/mol. The molecule has 0 N–H and O–H groups in total. The highest BCUT2D eigenvalue weighted by Crippen LogP contribution is 2.18. The summed E-state index contributed by atoms with van der Waals surface area (Å²) in [5.41, 5.74) is 0.428. The minimum absolute atomic E-state index is 0.428. The van der Waals surface area contributed by atoms with E-state index in [-0.39, 0.29) is 0 Å². The first-order valence-corrected chi connectivity index (χ1v) is 6.96. The molecule has 2 rings (SSSR count). The van der Waals surface area contributed by atoms with Crippen LogP contribution in [0.3, 0.4) is 0 Å². The largest absolute Gasteiger partial charge is 0.352 e. The molecule has 1 unspecified atom stereocenters. The first-order valence-electron chi connectivity index (χ1n) is 6.96. The Morgan fingerprint density at radius 1 is 1.26 bits per heavy atom. The van der Waals surface area contributed by atoms with Gasteiger partial charge < -0.3 is 4.90 Å². The number of hydrogen-bond donors (Lipinski definition) is 0. The van der Waals surface area contributed by atoms with E-state index in [0.29, 0.717) is 11.7 Å². The molecular formula is C14H21N5. The van der Waals surface area contributed by atoms with Crippen molar-refractivity contribution < 1.29 is 0 Å². The van der Waals surface area contributed by atoms with Crippen LogP contribution in [0, 0.1) is 11.3 Å². The number of rotatable bonds is 4. The third-order valence-corrected chi connectivity index (χ3v) is 3.73. The summed E-state index contributed by atoms with van der Waals surface area (Å²) in [6.45, 7) is 8.42. The summed E-state index contributed by atoms with van der Waals surface area (Å²) in [7, 11) is 0. The van der Waals surface area contributed by atoms with E-state index >= 15 is 0 Å². The van der Waals surface area contributed by atoms with Gasteiger partial charge in [0.05, 0.1) is 0 Å². The molecule has 102 valence electrons. The number of anilines is 1. The third-order valence-electron chi connectivity index (χ3n) is 3.73. The molecule has 5 heteroatoms. The maximum absolute atomic E-state index is 9.07. The number of nitriles is 1. The lowest BCUT2D eigenvalue weighted by Gasteiger charge is -2.38. The van der Waals surface area contributed by atoms with Crippen molar-refractivity contribution >= 4 is 5.82 Å². The lowest BCUT2D eigenvalue weighted by molar-refractivity contribution is 0.187.